The van der Waals surface area contributed by atoms with Gasteiger partial charge < -0.3 is 5.32 Å². The van der Waals surface area contributed by atoms with Gasteiger partial charge in [-0.15, -0.1) is 11.8 Å². The van der Waals surface area contributed by atoms with E-state index in [-0.39, 0.29) is 28.7 Å². The maximum atomic E-state index is 13.3. The van der Waals surface area contributed by atoms with Gasteiger partial charge in [-0.2, -0.15) is 0 Å². The highest BCUT2D eigenvalue weighted by atomic mass is 35.5. The van der Waals surface area contributed by atoms with E-state index < -0.39 is 0 Å². The first-order valence-electron chi connectivity index (χ1n) is 12.7. The quantitative estimate of drug-likeness (QED) is 0.383. The summed E-state index contributed by atoms with van der Waals surface area (Å²) in [6.45, 7) is 6.75. The Labute approximate surface area is 225 Å². The van der Waals surface area contributed by atoms with Crippen molar-refractivity contribution in [2.45, 2.75) is 68.2 Å². The second kappa shape index (κ2) is 9.07. The number of anilines is 1. The predicted octanol–water partition coefficient (Wildman–Crippen LogP) is 7.15. The van der Waals surface area contributed by atoms with Gasteiger partial charge in [0.2, 0.25) is 5.91 Å². The highest BCUT2D eigenvalue weighted by Crippen LogP contribution is 2.64. The van der Waals surface area contributed by atoms with E-state index in [4.69, 9.17) is 11.6 Å². The van der Waals surface area contributed by atoms with Crippen LogP contribution >= 0.6 is 34.7 Å². The highest BCUT2D eigenvalue weighted by Gasteiger charge is 2.55. The number of nitrogens with zero attached hydrogens (tertiary/aromatic N) is 1. The number of fused-ring (bicyclic) bond motifs is 6. The number of nitrogens with one attached hydrogen (secondary N) is 1. The fourth-order valence-corrected chi connectivity index (χ4v) is 9.80. The van der Waals surface area contributed by atoms with E-state index in [1.54, 1.807) is 28.8 Å². The van der Waals surface area contributed by atoms with Crippen molar-refractivity contribution in [1.29, 1.82) is 0 Å². The molecule has 3 aromatic rings. The molecule has 7 heteroatoms. The van der Waals surface area contributed by atoms with Crippen LogP contribution in [0.15, 0.2) is 58.4 Å². The Morgan fingerprint density at radius 1 is 1.06 bits per heavy atom. The number of thiazole rings is 1. The minimum Gasteiger partial charge on any atom is -0.325 e. The van der Waals surface area contributed by atoms with Crippen LogP contribution in [-0.2, 0) is 16.8 Å². The summed E-state index contributed by atoms with van der Waals surface area (Å²) < 4.78 is 1.72. The first kappa shape index (κ1) is 24.3. The van der Waals surface area contributed by atoms with Crippen LogP contribution in [0.2, 0.25) is 5.02 Å². The maximum absolute atomic E-state index is 13.3. The summed E-state index contributed by atoms with van der Waals surface area (Å²) in [6, 6.07) is 16.1. The molecular weight excluding hydrogens is 508 g/mol. The number of rotatable bonds is 4. The lowest BCUT2D eigenvalue weighted by atomic mass is 9.74. The number of carbonyl (C=O) groups excluding carboxylic acids is 1. The van der Waals surface area contributed by atoms with Gasteiger partial charge in [0.05, 0.1) is 5.03 Å². The number of aromatic nitrogens is 1. The second-order valence-corrected chi connectivity index (χ2v) is 14.1. The van der Waals surface area contributed by atoms with E-state index in [0.717, 1.165) is 15.8 Å². The van der Waals surface area contributed by atoms with Gasteiger partial charge in [0.25, 0.3) is 0 Å². The van der Waals surface area contributed by atoms with Gasteiger partial charge >= 0.3 is 4.87 Å². The van der Waals surface area contributed by atoms with Crippen LogP contribution in [0.25, 0.3) is 0 Å². The Kier molecular flexibility index (Phi) is 6.13. The summed E-state index contributed by atoms with van der Waals surface area (Å²) in [5.74, 6) is 2.04. The highest BCUT2D eigenvalue weighted by molar-refractivity contribution is 8.00. The molecule has 36 heavy (non-hydrogen) atoms. The minimum atomic E-state index is -0.193. The Morgan fingerprint density at radius 3 is 2.44 bits per heavy atom. The molecule has 188 valence electrons. The van der Waals surface area contributed by atoms with Crippen molar-refractivity contribution in [3.63, 3.8) is 0 Å². The summed E-state index contributed by atoms with van der Waals surface area (Å²) in [7, 11) is 0. The fourth-order valence-electron chi connectivity index (χ4n) is 6.53. The van der Waals surface area contributed by atoms with Gasteiger partial charge in [-0.3, -0.25) is 14.2 Å². The zero-order valence-corrected chi connectivity index (χ0v) is 23.2. The molecule has 0 saturated heterocycles. The number of thioether (sulfide) groups is 1. The molecule has 1 N–H and O–H groups in total. The van der Waals surface area contributed by atoms with E-state index in [1.165, 1.54) is 41.7 Å². The van der Waals surface area contributed by atoms with Crippen molar-refractivity contribution < 1.29 is 4.79 Å². The van der Waals surface area contributed by atoms with E-state index >= 15 is 0 Å². The van der Waals surface area contributed by atoms with Crippen LogP contribution < -0.4 is 10.2 Å². The molecule has 2 heterocycles. The fraction of sp³-hybridized carbons (Fsp3) is 0.448. The third-order valence-electron chi connectivity index (χ3n) is 8.26. The molecule has 1 aliphatic heterocycles. The van der Waals surface area contributed by atoms with Crippen molar-refractivity contribution >= 4 is 46.3 Å². The molecule has 4 nitrogen and oxygen atoms in total. The maximum Gasteiger partial charge on any atom is 0.308 e. The predicted molar refractivity (Wildman–Crippen MR) is 150 cm³/mol. The van der Waals surface area contributed by atoms with Crippen molar-refractivity contribution in [1.82, 2.24) is 4.57 Å². The number of halogens is 1. The molecule has 2 saturated carbocycles. The van der Waals surface area contributed by atoms with Crippen LogP contribution in [0.5, 0.6) is 0 Å². The monoisotopic (exact) mass is 538 g/mol. The average molecular weight is 539 g/mol. The molecule has 2 fully saturated rings. The van der Waals surface area contributed by atoms with E-state index in [9.17, 15) is 9.59 Å². The molecular formula is C29H31ClN2O2S2. The molecule has 2 bridgehead atoms. The number of hydrogen-bond donors (Lipinski definition) is 1. The molecule has 3 aliphatic rings. The number of amides is 1. The first-order valence-corrected chi connectivity index (χ1v) is 14.8. The molecule has 1 aromatic heterocycles. The normalized spacial score (nSPS) is 26.5. The lowest BCUT2D eigenvalue weighted by Gasteiger charge is -2.40. The van der Waals surface area contributed by atoms with Gasteiger partial charge in [-0.1, -0.05) is 68.0 Å². The lowest BCUT2D eigenvalue weighted by molar-refractivity contribution is -0.116. The third-order valence-corrected chi connectivity index (χ3v) is 11.3. The van der Waals surface area contributed by atoms with E-state index in [1.807, 2.05) is 11.8 Å². The summed E-state index contributed by atoms with van der Waals surface area (Å²) in [4.78, 5) is 27.3. The SMILES string of the molecule is CC(C)(C)c1ccc(C2c3sc(=O)n(CC(=O)Nc4ccc(Cl)cc4)c3SC3C4CCC(C4)C23)cc1. The number of carbonyl (C=O) groups is 1. The van der Waals surface area contributed by atoms with Crippen molar-refractivity contribution in [3.05, 3.63) is 79.2 Å². The van der Waals surface area contributed by atoms with Crippen LogP contribution in [0, 0.1) is 17.8 Å². The van der Waals surface area contributed by atoms with Crippen LogP contribution in [0.4, 0.5) is 5.69 Å². The summed E-state index contributed by atoms with van der Waals surface area (Å²) in [5.41, 5.74) is 3.42. The van der Waals surface area contributed by atoms with Crippen molar-refractivity contribution in [3.8, 4) is 0 Å². The molecule has 5 unspecified atom stereocenters. The zero-order valence-electron chi connectivity index (χ0n) is 20.8. The van der Waals surface area contributed by atoms with Gasteiger partial charge in [0.1, 0.15) is 6.54 Å². The van der Waals surface area contributed by atoms with Crippen LogP contribution in [-0.4, -0.2) is 15.7 Å². The molecule has 1 amide bonds. The summed E-state index contributed by atoms with van der Waals surface area (Å²) >= 11 is 9.19. The molecule has 2 aliphatic carbocycles. The standard InChI is InChI=1S/C29H31ClN2O2S2/c1-29(2,3)19-8-6-16(7-9-19)23-24-17-4-5-18(14-17)25(24)35-27-26(23)36-28(34)32(27)15-22(33)31-21-12-10-20(30)11-13-21/h6-13,17-18,23-25H,4-5,14-15H2,1-3H3,(H,31,33). The molecule has 0 spiro atoms. The smallest absolute Gasteiger partial charge is 0.308 e. The van der Waals surface area contributed by atoms with Crippen molar-refractivity contribution in [2.24, 2.45) is 17.8 Å². The Bertz CT molecular complexity index is 1350. The van der Waals surface area contributed by atoms with Gasteiger partial charge in [0, 0.05) is 26.8 Å². The second-order valence-electron chi connectivity index (χ2n) is 11.5. The van der Waals surface area contributed by atoms with E-state index in [0.29, 0.717) is 27.8 Å². The van der Waals surface area contributed by atoms with Crippen LogP contribution in [0.1, 0.15) is 62.0 Å². The van der Waals surface area contributed by atoms with Gasteiger partial charge in [-0.25, -0.2) is 0 Å². The molecule has 6 rings (SSSR count). The molecule has 5 atom stereocenters. The summed E-state index contributed by atoms with van der Waals surface area (Å²) in [5, 5.41) is 5.06. The van der Waals surface area contributed by atoms with Gasteiger partial charge in [-0.05, 0) is 77.8 Å². The molecule has 0 radical (unpaired) electrons. The lowest BCUT2D eigenvalue weighted by Crippen LogP contribution is -2.35. The first-order chi connectivity index (χ1) is 17.2. The Balaban J connectivity index is 1.35. The van der Waals surface area contributed by atoms with Gasteiger partial charge in [0.15, 0.2) is 0 Å². The summed E-state index contributed by atoms with van der Waals surface area (Å²) in [6.07, 6.45) is 3.89. The third kappa shape index (κ3) is 4.25. The van der Waals surface area contributed by atoms with Crippen molar-refractivity contribution in [2.75, 3.05) is 5.32 Å². The zero-order chi connectivity index (χ0) is 25.2. The minimum absolute atomic E-state index is 0.0292. The largest absolute Gasteiger partial charge is 0.325 e. The van der Waals surface area contributed by atoms with Crippen LogP contribution in [0.3, 0.4) is 0 Å². The molecule has 2 aromatic carbocycles. The topological polar surface area (TPSA) is 51.1 Å². The number of benzene rings is 2. The number of hydrogen-bond acceptors (Lipinski definition) is 4. The van der Waals surface area contributed by atoms with E-state index in [2.05, 4.69) is 50.4 Å². The average Bonchev–Trinajstić information content (AvgIpc) is 3.53. The Morgan fingerprint density at radius 2 is 1.75 bits per heavy atom. The Hall–Kier alpha value is -2.02.